The fourth-order valence-electron chi connectivity index (χ4n) is 2.29. The monoisotopic (exact) mass is 239 g/mol. The topological polar surface area (TPSA) is 69.7 Å². The molecular weight excluding hydrogens is 222 g/mol. The lowest BCUT2D eigenvalue weighted by molar-refractivity contribution is -0.132. The maximum absolute atomic E-state index is 11.9. The number of hydrogen-bond donors (Lipinski definition) is 1. The molecule has 17 heavy (non-hydrogen) atoms. The standard InChI is InChI=1S/C11H17N3O3/c1-2-5-12-9(15)7-14-10(16)8-4-3-6-13(8)11(14)17/h8H,2-7H2,1H3,(H,12,15). The highest BCUT2D eigenvalue weighted by Crippen LogP contribution is 2.26. The predicted molar refractivity (Wildman–Crippen MR) is 60.1 cm³/mol. The first-order valence-corrected chi connectivity index (χ1v) is 6.03. The minimum absolute atomic E-state index is 0.148. The maximum Gasteiger partial charge on any atom is 0.327 e. The van der Waals surface area contributed by atoms with Gasteiger partial charge in [0.25, 0.3) is 5.91 Å². The second-order valence-electron chi connectivity index (χ2n) is 4.41. The van der Waals surface area contributed by atoms with E-state index in [-0.39, 0.29) is 30.4 Å². The zero-order valence-electron chi connectivity index (χ0n) is 9.94. The second-order valence-corrected chi connectivity index (χ2v) is 4.41. The zero-order chi connectivity index (χ0) is 12.4. The minimum Gasteiger partial charge on any atom is -0.355 e. The van der Waals surface area contributed by atoms with E-state index in [1.165, 1.54) is 0 Å². The minimum atomic E-state index is -0.318. The fraction of sp³-hybridized carbons (Fsp3) is 0.727. The first kappa shape index (κ1) is 11.9. The summed E-state index contributed by atoms with van der Waals surface area (Å²) in [6.45, 7) is 3.00. The van der Waals surface area contributed by atoms with Crippen LogP contribution in [0.4, 0.5) is 4.79 Å². The van der Waals surface area contributed by atoms with Crippen LogP contribution < -0.4 is 5.32 Å². The number of rotatable bonds is 4. The fourth-order valence-corrected chi connectivity index (χ4v) is 2.29. The number of imide groups is 1. The number of hydrogen-bond acceptors (Lipinski definition) is 3. The average Bonchev–Trinajstić information content (AvgIpc) is 2.87. The first-order chi connectivity index (χ1) is 8.15. The van der Waals surface area contributed by atoms with Crippen molar-refractivity contribution in [3.8, 4) is 0 Å². The van der Waals surface area contributed by atoms with Gasteiger partial charge in [0.15, 0.2) is 0 Å². The van der Waals surface area contributed by atoms with Crippen molar-refractivity contribution in [2.75, 3.05) is 19.6 Å². The van der Waals surface area contributed by atoms with Gasteiger partial charge >= 0.3 is 6.03 Å². The van der Waals surface area contributed by atoms with Gasteiger partial charge in [-0.15, -0.1) is 0 Å². The van der Waals surface area contributed by atoms with Gasteiger partial charge < -0.3 is 10.2 Å². The van der Waals surface area contributed by atoms with Crippen molar-refractivity contribution in [1.29, 1.82) is 0 Å². The third kappa shape index (κ3) is 2.11. The number of carbonyl (C=O) groups is 3. The van der Waals surface area contributed by atoms with Crippen molar-refractivity contribution in [2.24, 2.45) is 0 Å². The quantitative estimate of drug-likeness (QED) is 0.699. The van der Waals surface area contributed by atoms with Gasteiger partial charge in [0, 0.05) is 13.1 Å². The van der Waals surface area contributed by atoms with Gasteiger partial charge in [-0.05, 0) is 19.3 Å². The molecule has 2 aliphatic heterocycles. The van der Waals surface area contributed by atoms with Crippen LogP contribution in [0, 0.1) is 0 Å². The molecule has 0 aromatic rings. The molecule has 0 spiro atoms. The summed E-state index contributed by atoms with van der Waals surface area (Å²) in [6.07, 6.45) is 2.43. The smallest absolute Gasteiger partial charge is 0.327 e. The molecule has 94 valence electrons. The van der Waals surface area contributed by atoms with E-state index in [1.807, 2.05) is 6.92 Å². The van der Waals surface area contributed by atoms with E-state index in [4.69, 9.17) is 0 Å². The zero-order valence-corrected chi connectivity index (χ0v) is 9.94. The van der Waals surface area contributed by atoms with E-state index in [9.17, 15) is 14.4 Å². The number of nitrogens with one attached hydrogen (secondary N) is 1. The van der Waals surface area contributed by atoms with Crippen molar-refractivity contribution in [3.05, 3.63) is 0 Å². The third-order valence-electron chi connectivity index (χ3n) is 3.15. The van der Waals surface area contributed by atoms with Crippen LogP contribution >= 0.6 is 0 Å². The first-order valence-electron chi connectivity index (χ1n) is 6.03. The van der Waals surface area contributed by atoms with Crippen LogP contribution in [0.3, 0.4) is 0 Å². The van der Waals surface area contributed by atoms with E-state index < -0.39 is 0 Å². The van der Waals surface area contributed by atoms with Gasteiger partial charge in [-0.2, -0.15) is 0 Å². The molecule has 2 saturated heterocycles. The molecule has 0 aliphatic carbocycles. The Morgan fingerprint density at radius 1 is 1.47 bits per heavy atom. The highest BCUT2D eigenvalue weighted by molar-refractivity contribution is 6.06. The normalized spacial score (nSPS) is 23.2. The third-order valence-corrected chi connectivity index (χ3v) is 3.15. The summed E-state index contributed by atoms with van der Waals surface area (Å²) in [6, 6.07) is -0.634. The summed E-state index contributed by atoms with van der Waals surface area (Å²) in [4.78, 5) is 37.9. The number of carbonyl (C=O) groups excluding carboxylic acids is 3. The Bertz CT molecular complexity index is 334. The van der Waals surface area contributed by atoms with Crippen molar-refractivity contribution in [2.45, 2.75) is 32.2 Å². The SMILES string of the molecule is CCCNC(=O)CN1C(=O)C2CCCN2C1=O. The van der Waals surface area contributed by atoms with Gasteiger partial charge in [0.2, 0.25) is 5.91 Å². The Kier molecular flexibility index (Phi) is 3.31. The lowest BCUT2D eigenvalue weighted by Crippen LogP contribution is -2.42. The molecule has 2 rings (SSSR count). The Morgan fingerprint density at radius 3 is 2.88 bits per heavy atom. The molecule has 2 fully saturated rings. The number of amides is 4. The Balaban J connectivity index is 1.95. The van der Waals surface area contributed by atoms with E-state index in [1.54, 1.807) is 4.90 Å². The largest absolute Gasteiger partial charge is 0.355 e. The van der Waals surface area contributed by atoms with E-state index in [2.05, 4.69) is 5.32 Å². The maximum atomic E-state index is 11.9. The molecule has 0 aromatic carbocycles. The highest BCUT2D eigenvalue weighted by Gasteiger charge is 2.47. The number of nitrogens with zero attached hydrogens (tertiary/aromatic N) is 2. The van der Waals surface area contributed by atoms with Gasteiger partial charge in [-0.25, -0.2) is 4.79 Å². The van der Waals surface area contributed by atoms with Crippen molar-refractivity contribution < 1.29 is 14.4 Å². The van der Waals surface area contributed by atoms with Crippen LogP contribution in [0.2, 0.25) is 0 Å². The van der Waals surface area contributed by atoms with Crippen LogP contribution in [0.1, 0.15) is 26.2 Å². The average molecular weight is 239 g/mol. The molecule has 1 atom stereocenters. The summed E-state index contributed by atoms with van der Waals surface area (Å²) >= 11 is 0. The summed E-state index contributed by atoms with van der Waals surface area (Å²) in [5, 5.41) is 2.66. The highest BCUT2D eigenvalue weighted by atomic mass is 16.2. The van der Waals surface area contributed by atoms with Gasteiger partial charge in [0.05, 0.1) is 0 Å². The molecule has 1 unspecified atom stereocenters. The summed E-state index contributed by atoms with van der Waals surface area (Å²) < 4.78 is 0. The van der Waals surface area contributed by atoms with E-state index >= 15 is 0 Å². The summed E-state index contributed by atoms with van der Waals surface area (Å²) in [5.41, 5.74) is 0. The Hall–Kier alpha value is -1.59. The Labute approximate surface area is 99.9 Å². The molecular formula is C11H17N3O3. The van der Waals surface area contributed by atoms with Crippen LogP contribution in [-0.2, 0) is 9.59 Å². The molecule has 6 nitrogen and oxygen atoms in total. The molecule has 4 amide bonds. The predicted octanol–water partition coefficient (Wildman–Crippen LogP) is -0.0608. The molecule has 2 heterocycles. The number of urea groups is 1. The van der Waals surface area contributed by atoms with Gasteiger partial charge in [-0.3, -0.25) is 14.5 Å². The second kappa shape index (κ2) is 4.73. The molecule has 0 saturated carbocycles. The van der Waals surface area contributed by atoms with Crippen molar-refractivity contribution in [1.82, 2.24) is 15.1 Å². The molecule has 0 bridgehead atoms. The lowest BCUT2D eigenvalue weighted by Gasteiger charge is -2.14. The summed E-state index contributed by atoms with van der Waals surface area (Å²) in [5.74, 6) is -0.492. The molecule has 1 N–H and O–H groups in total. The van der Waals surface area contributed by atoms with E-state index in [0.29, 0.717) is 13.1 Å². The van der Waals surface area contributed by atoms with Crippen LogP contribution in [-0.4, -0.2) is 53.3 Å². The molecule has 0 radical (unpaired) electrons. The molecule has 2 aliphatic rings. The van der Waals surface area contributed by atoms with Gasteiger partial charge in [0.1, 0.15) is 12.6 Å². The van der Waals surface area contributed by atoms with E-state index in [0.717, 1.165) is 24.2 Å². The molecule has 6 heteroatoms. The Morgan fingerprint density at radius 2 is 2.24 bits per heavy atom. The van der Waals surface area contributed by atoms with Crippen molar-refractivity contribution in [3.63, 3.8) is 0 Å². The van der Waals surface area contributed by atoms with Crippen LogP contribution in [0.15, 0.2) is 0 Å². The number of fused-ring (bicyclic) bond motifs is 1. The van der Waals surface area contributed by atoms with Crippen LogP contribution in [0.5, 0.6) is 0 Å². The summed E-state index contributed by atoms with van der Waals surface area (Å²) in [7, 11) is 0. The van der Waals surface area contributed by atoms with Crippen LogP contribution in [0.25, 0.3) is 0 Å². The lowest BCUT2D eigenvalue weighted by atomic mass is 10.2. The van der Waals surface area contributed by atoms with Crippen molar-refractivity contribution >= 4 is 17.8 Å². The van der Waals surface area contributed by atoms with Gasteiger partial charge in [-0.1, -0.05) is 6.92 Å². The molecule has 0 aromatic heterocycles.